The molecule has 27 aromatic rings. The van der Waals surface area contributed by atoms with E-state index in [0.717, 1.165) is 6.42 Å². The topological polar surface area (TPSA) is 42.5 Å². The summed E-state index contributed by atoms with van der Waals surface area (Å²) in [5.74, 6) is 0. The fourth-order valence-corrected chi connectivity index (χ4v) is 24.4. The standard InChI is InChI=1S/C20H15N.4C19H13NS.C12H10N2/c1-21-17-9-5-4-8-16(17)20-18(21)11-10-14-12-13-6-2-3-7-15(13)19(14)20;1-20-15-8-4-2-7-14(15)18-16(20)11-10-13-12-6-3-5-9-17(12)21-19(13)18;1-20-16-8-4-2-6-12(16)14-11-19-15(10-17(14)20)13-7-3-5-9-18(13)21-19;1-20-15-8-4-2-6-12(15)13-10-11-17-18(19(13)20)14-7-3-5-9-16(14)21-17;1-20-16-8-4-2-6-12(16)14-10-11-15-13-7-3-5-9-17(13)21-19(15)18(14)20;1-14-11-5-3-2-4-9(11)10-8-13-7-6-12(10)14/h2-11H,12H2,1H3;4*2-11H,1H3;2-8H,1H3. The fourth-order valence-electron chi connectivity index (χ4n) is 19.6. The summed E-state index contributed by atoms with van der Waals surface area (Å²) in [5.41, 5.74) is 21.4. The Balaban J connectivity index is 0.0000000839. The van der Waals surface area contributed by atoms with Crippen LogP contribution in [-0.4, -0.2) is 32.4 Å². The molecule has 0 unspecified atom stereocenters. The van der Waals surface area contributed by atoms with Crippen LogP contribution in [0.2, 0.25) is 0 Å². The predicted octanol–water partition coefficient (Wildman–Crippen LogP) is 30.4. The Hall–Kier alpha value is -13.7. The van der Waals surface area contributed by atoms with E-state index in [1.807, 2.05) is 57.7 Å². The van der Waals surface area contributed by atoms with Gasteiger partial charge in [0.2, 0.25) is 0 Å². The lowest BCUT2D eigenvalue weighted by Gasteiger charge is -2.04. The molecule has 0 saturated carbocycles. The maximum absolute atomic E-state index is 4.16. The molecular weight excluding hydrogens is 1520 g/mol. The second kappa shape index (κ2) is 28.0. The summed E-state index contributed by atoms with van der Waals surface area (Å²) in [4.78, 5) is 4.16. The van der Waals surface area contributed by atoms with Crippen LogP contribution in [0.15, 0.2) is 346 Å². The molecule has 568 valence electrons. The zero-order valence-electron chi connectivity index (χ0n) is 66.4. The van der Waals surface area contributed by atoms with Crippen molar-refractivity contribution >= 4 is 257 Å². The lowest BCUT2D eigenvalue weighted by molar-refractivity contribution is 1.01. The zero-order valence-corrected chi connectivity index (χ0v) is 69.6. The molecule has 119 heavy (non-hydrogen) atoms. The number of hydrogen-bond acceptors (Lipinski definition) is 5. The molecular formula is C108H77N7S4. The number of hydrogen-bond donors (Lipinski definition) is 0. The van der Waals surface area contributed by atoms with Crippen molar-refractivity contribution in [1.29, 1.82) is 0 Å². The number of rotatable bonds is 0. The smallest absolute Gasteiger partial charge is 0.0670 e. The van der Waals surface area contributed by atoms with Gasteiger partial charge in [0.25, 0.3) is 0 Å². The van der Waals surface area contributed by atoms with E-state index in [2.05, 4.69) is 408 Å². The second-order valence-electron chi connectivity index (χ2n) is 31.4. The third kappa shape index (κ3) is 11.1. The summed E-state index contributed by atoms with van der Waals surface area (Å²) in [5, 5.41) is 27.1. The lowest BCUT2D eigenvalue weighted by Crippen LogP contribution is -1.87. The molecule has 0 aliphatic heterocycles. The average molecular weight is 1600 g/mol. The van der Waals surface area contributed by atoms with Gasteiger partial charge in [-0.05, 0) is 126 Å². The van der Waals surface area contributed by atoms with Crippen LogP contribution in [0, 0.1) is 0 Å². The number of para-hydroxylation sites is 6. The molecule has 11 aromatic heterocycles. The van der Waals surface area contributed by atoms with E-state index in [4.69, 9.17) is 0 Å². The van der Waals surface area contributed by atoms with Crippen molar-refractivity contribution in [3.05, 3.63) is 357 Å². The van der Waals surface area contributed by atoms with Crippen LogP contribution in [0.5, 0.6) is 0 Å². The van der Waals surface area contributed by atoms with Crippen molar-refractivity contribution in [2.24, 2.45) is 42.3 Å². The third-order valence-corrected chi connectivity index (χ3v) is 29.9. The van der Waals surface area contributed by atoms with Gasteiger partial charge in [-0.3, -0.25) is 4.98 Å². The number of pyridine rings is 1. The molecule has 1 aliphatic carbocycles. The highest BCUT2D eigenvalue weighted by molar-refractivity contribution is 7.27. The van der Waals surface area contributed by atoms with Crippen LogP contribution in [-0.2, 0) is 48.7 Å². The lowest BCUT2D eigenvalue weighted by atomic mass is 9.99. The largest absolute Gasteiger partial charge is 0.344 e. The molecule has 7 nitrogen and oxygen atoms in total. The van der Waals surface area contributed by atoms with Crippen molar-refractivity contribution in [3.63, 3.8) is 0 Å². The monoisotopic (exact) mass is 1600 g/mol. The summed E-state index contributed by atoms with van der Waals surface area (Å²) in [7, 11) is 12.9. The third-order valence-electron chi connectivity index (χ3n) is 25.2. The maximum atomic E-state index is 4.16. The number of benzene rings is 16. The summed E-state index contributed by atoms with van der Waals surface area (Å²) < 4.78 is 24.8. The van der Waals surface area contributed by atoms with Crippen molar-refractivity contribution in [2.75, 3.05) is 0 Å². The van der Waals surface area contributed by atoms with Crippen molar-refractivity contribution < 1.29 is 0 Å². The number of thiophene rings is 4. The highest BCUT2D eigenvalue weighted by Crippen LogP contribution is 2.48. The SMILES string of the molecule is Cn1c2ccccc2c2c3c(ccc21)Cc1ccccc1-3.Cn1c2ccccc2c2c3sc4ccccc4c3ccc21.Cn1c2ccccc2c2cc3sc4ccccc4c3cc21.Cn1c2ccccc2c2ccc3c4ccccc4sc3c21.Cn1c2ccccc2c2ccc3sc4ccccc4c3c21.Cn1c2ccccc2c2cnccc21. The first-order valence-corrected chi connectivity index (χ1v) is 43.8. The molecule has 11 heterocycles. The average Bonchev–Trinajstić information content (AvgIpc) is 1.58. The molecule has 28 rings (SSSR count). The van der Waals surface area contributed by atoms with Gasteiger partial charge in [0.1, 0.15) is 0 Å². The van der Waals surface area contributed by atoms with Crippen LogP contribution in [0.1, 0.15) is 11.1 Å². The van der Waals surface area contributed by atoms with E-state index < -0.39 is 0 Å². The Morgan fingerprint density at radius 2 is 0.613 bits per heavy atom. The Kier molecular flexibility index (Phi) is 16.7. The number of fused-ring (bicyclic) bond motifs is 37. The summed E-state index contributed by atoms with van der Waals surface area (Å²) in [6.07, 6.45) is 4.82. The van der Waals surface area contributed by atoms with Crippen LogP contribution in [0.25, 0.3) is 223 Å². The second-order valence-corrected chi connectivity index (χ2v) is 35.7. The fraction of sp³-hybridized carbons (Fsp3) is 0.0648. The van der Waals surface area contributed by atoms with Gasteiger partial charge in [0.05, 0.1) is 26.8 Å². The Bertz CT molecular complexity index is 8750. The molecule has 1 aliphatic rings. The highest BCUT2D eigenvalue weighted by Gasteiger charge is 2.25. The van der Waals surface area contributed by atoms with Gasteiger partial charge in [0.15, 0.2) is 0 Å². The van der Waals surface area contributed by atoms with E-state index in [0.29, 0.717) is 0 Å². The molecule has 0 saturated heterocycles. The van der Waals surface area contributed by atoms with Gasteiger partial charge >= 0.3 is 0 Å². The zero-order chi connectivity index (χ0) is 79.4. The molecule has 0 N–H and O–H groups in total. The summed E-state index contributed by atoms with van der Waals surface area (Å²) in [6, 6.07) is 120. The maximum Gasteiger partial charge on any atom is 0.0670 e. The van der Waals surface area contributed by atoms with Gasteiger partial charge < -0.3 is 27.4 Å². The molecule has 11 heteroatoms. The highest BCUT2D eigenvalue weighted by atomic mass is 32.1. The molecule has 0 spiro atoms. The molecule has 0 radical (unpaired) electrons. The van der Waals surface area contributed by atoms with Crippen LogP contribution in [0.3, 0.4) is 0 Å². The number of aromatic nitrogens is 7. The Morgan fingerprint density at radius 3 is 1.24 bits per heavy atom. The van der Waals surface area contributed by atoms with Crippen molar-refractivity contribution in [2.45, 2.75) is 6.42 Å². The molecule has 0 fully saturated rings. The minimum atomic E-state index is 1.06. The van der Waals surface area contributed by atoms with E-state index in [1.165, 1.54) is 234 Å². The van der Waals surface area contributed by atoms with E-state index >= 15 is 0 Å². The quantitative estimate of drug-likeness (QED) is 0.149. The number of nitrogens with zero attached hydrogens (tertiary/aromatic N) is 7. The Labute approximate surface area is 700 Å². The molecule has 16 aromatic carbocycles. The summed E-state index contributed by atoms with van der Waals surface area (Å²) >= 11 is 7.57. The summed E-state index contributed by atoms with van der Waals surface area (Å²) in [6.45, 7) is 0. The van der Waals surface area contributed by atoms with Crippen LogP contribution < -0.4 is 0 Å². The Morgan fingerprint density at radius 1 is 0.218 bits per heavy atom. The van der Waals surface area contributed by atoms with Gasteiger partial charge in [-0.15, -0.1) is 45.3 Å². The van der Waals surface area contributed by atoms with Gasteiger partial charge in [-0.25, -0.2) is 0 Å². The van der Waals surface area contributed by atoms with E-state index in [-0.39, 0.29) is 0 Å². The van der Waals surface area contributed by atoms with E-state index in [1.54, 1.807) is 0 Å². The van der Waals surface area contributed by atoms with Crippen molar-refractivity contribution in [1.82, 2.24) is 32.4 Å². The molecule has 0 amide bonds. The van der Waals surface area contributed by atoms with Gasteiger partial charge in [-0.1, -0.05) is 237 Å². The molecule has 0 atom stereocenters. The minimum absolute atomic E-state index is 1.06. The normalized spacial score (nSPS) is 12.1. The van der Waals surface area contributed by atoms with Gasteiger partial charge in [0, 0.05) is 239 Å². The first-order valence-electron chi connectivity index (χ1n) is 40.5. The predicted molar refractivity (Wildman–Crippen MR) is 520 cm³/mol. The first-order chi connectivity index (χ1) is 58.6. The van der Waals surface area contributed by atoms with E-state index in [9.17, 15) is 0 Å². The first kappa shape index (κ1) is 70.7. The number of aryl methyl sites for hydroxylation is 6. The van der Waals surface area contributed by atoms with Gasteiger partial charge in [-0.2, -0.15) is 0 Å². The molecule has 0 bridgehead atoms. The minimum Gasteiger partial charge on any atom is -0.344 e. The van der Waals surface area contributed by atoms with Crippen LogP contribution in [0.4, 0.5) is 0 Å². The van der Waals surface area contributed by atoms with Crippen LogP contribution >= 0.6 is 45.3 Å². The van der Waals surface area contributed by atoms with Crippen molar-refractivity contribution in [3.8, 4) is 11.1 Å².